The zero-order chi connectivity index (χ0) is 28.1. The van der Waals surface area contributed by atoms with Gasteiger partial charge in [0, 0.05) is 24.5 Å². The fourth-order valence-electron chi connectivity index (χ4n) is 4.49. The zero-order valence-electron chi connectivity index (χ0n) is 21.5. The number of hydrogen-bond donors (Lipinski definition) is 6. The van der Waals surface area contributed by atoms with Crippen molar-refractivity contribution in [2.75, 3.05) is 32.6 Å². The van der Waals surface area contributed by atoms with E-state index in [9.17, 15) is 34.1 Å². The van der Waals surface area contributed by atoms with Crippen LogP contribution in [-0.2, 0) is 32.8 Å². The first-order valence-corrected chi connectivity index (χ1v) is 14.8. The zero-order valence-corrected chi connectivity index (χ0v) is 23.2. The number of phosphoric acid groups is 1. The molecular weight excluding hydrogens is 547 g/mol. The minimum atomic E-state index is -4.32. The number of phosphoric ester groups is 1. The van der Waals surface area contributed by atoms with Crippen LogP contribution < -0.4 is 16.0 Å². The van der Waals surface area contributed by atoms with Crippen molar-refractivity contribution < 1.29 is 52.7 Å². The number of urea groups is 1. The van der Waals surface area contributed by atoms with E-state index in [1.54, 1.807) is 0 Å². The van der Waals surface area contributed by atoms with Crippen LogP contribution >= 0.6 is 19.6 Å². The van der Waals surface area contributed by atoms with Gasteiger partial charge in [0.15, 0.2) is 18.2 Å². The molecule has 0 aromatic rings. The van der Waals surface area contributed by atoms with Crippen LogP contribution in [0.3, 0.4) is 0 Å². The maximum absolute atomic E-state index is 12.2. The molecule has 3 rings (SSSR count). The van der Waals surface area contributed by atoms with Crippen molar-refractivity contribution in [2.24, 2.45) is 0 Å². The highest BCUT2D eigenvalue weighted by atomic mass is 32.2. The summed E-state index contributed by atoms with van der Waals surface area (Å²) in [5.41, 5.74) is -0.236. The Morgan fingerprint density at radius 3 is 2.76 bits per heavy atom. The van der Waals surface area contributed by atoms with Gasteiger partial charge in [0.1, 0.15) is 12.7 Å². The number of hydrogen-bond acceptors (Lipinski definition) is 12. The Kier molecular flexibility index (Phi) is 11.0. The number of Topliss-reactive ketones (excluding diaryl/α,β-unsaturated/α-hetero) is 1. The molecule has 3 saturated heterocycles. The smallest absolute Gasteiger partial charge is 0.373 e. The highest BCUT2D eigenvalue weighted by Crippen LogP contribution is 2.42. The third kappa shape index (κ3) is 8.10. The number of carbonyl (C=O) groups excluding carboxylic acids is 3. The summed E-state index contributed by atoms with van der Waals surface area (Å²) >= 11 is 1.81. The number of morpholine rings is 1. The fourth-order valence-corrected chi connectivity index (χ4v) is 6.63. The number of aliphatic hydroxyl groups is 2. The summed E-state index contributed by atoms with van der Waals surface area (Å²) in [6.45, 7) is 2.11. The average molecular weight is 585 g/mol. The van der Waals surface area contributed by atoms with E-state index in [-0.39, 0.29) is 41.7 Å². The number of hydroxylamine groups is 2. The van der Waals surface area contributed by atoms with Gasteiger partial charge in [0.05, 0.1) is 30.8 Å². The van der Waals surface area contributed by atoms with Crippen LogP contribution in [0.4, 0.5) is 4.79 Å². The number of ketones is 1. The molecule has 0 spiro atoms. The molecule has 3 amide bonds. The second-order valence-electron chi connectivity index (χ2n) is 9.69. The lowest BCUT2D eigenvalue weighted by molar-refractivity contribution is -0.373. The Morgan fingerprint density at radius 2 is 2.05 bits per heavy atom. The van der Waals surface area contributed by atoms with E-state index in [1.807, 2.05) is 18.7 Å². The van der Waals surface area contributed by atoms with Crippen molar-refractivity contribution in [1.29, 1.82) is 0 Å². The van der Waals surface area contributed by atoms with Crippen molar-refractivity contribution in [3.63, 3.8) is 0 Å². The molecule has 3 aliphatic rings. The first kappa shape index (κ1) is 31.2. The molecule has 3 heterocycles. The largest absolute Gasteiger partial charge is 0.472 e. The van der Waals surface area contributed by atoms with E-state index in [2.05, 4.69) is 20.5 Å². The molecule has 0 radical (unpaired) electrons. The van der Waals surface area contributed by atoms with Crippen LogP contribution in [0.5, 0.6) is 0 Å². The standard InChI is InChI=1S/C21H37N4O11PS/c1-12-18(28)25(19(29)14(36-12)10-35-37(31,32)33-3)34-9-13(26)8-22-16(27)7-5-4-6-15-17-21(2,11-38-15)24-20(30)23-17/h12,14-15,17-19,28-29H,4-11H2,1-3H3,(H,22,27)(H,31,32)(H2,23,24,30)/t12?,14?,15?,17-,18?,19?,21+/m1/s1. The highest BCUT2D eigenvalue weighted by Gasteiger charge is 2.51. The molecule has 3 fully saturated rings. The molecule has 8 atom stereocenters. The van der Waals surface area contributed by atoms with Crippen LogP contribution in [0.15, 0.2) is 0 Å². The molecule has 0 aliphatic carbocycles. The fraction of sp³-hybridized carbons (Fsp3) is 0.857. The van der Waals surface area contributed by atoms with E-state index >= 15 is 0 Å². The first-order chi connectivity index (χ1) is 17.8. The van der Waals surface area contributed by atoms with Gasteiger partial charge in [0.25, 0.3) is 0 Å². The van der Waals surface area contributed by atoms with E-state index in [1.165, 1.54) is 6.92 Å². The quantitative estimate of drug-likeness (QED) is 0.0842. The van der Waals surface area contributed by atoms with Crippen LogP contribution in [0, 0.1) is 0 Å². The number of nitrogens with one attached hydrogen (secondary N) is 3. The van der Waals surface area contributed by atoms with Crippen molar-refractivity contribution in [2.45, 2.75) is 81.0 Å². The normalized spacial score (nSPS) is 34.7. The monoisotopic (exact) mass is 584 g/mol. The Hall–Kier alpha value is -1.33. The van der Waals surface area contributed by atoms with E-state index in [0.29, 0.717) is 6.42 Å². The molecular formula is C21H37N4O11PS. The Labute approximate surface area is 224 Å². The van der Waals surface area contributed by atoms with Crippen LogP contribution in [0.25, 0.3) is 0 Å². The second kappa shape index (κ2) is 13.4. The second-order valence-corrected chi connectivity index (χ2v) is 12.5. The predicted octanol–water partition coefficient (Wildman–Crippen LogP) is -0.791. The maximum atomic E-state index is 12.2. The summed E-state index contributed by atoms with van der Waals surface area (Å²) in [4.78, 5) is 50.6. The predicted molar refractivity (Wildman–Crippen MR) is 134 cm³/mol. The topological polar surface area (TPSA) is 205 Å². The summed E-state index contributed by atoms with van der Waals surface area (Å²) in [7, 11) is -3.35. The first-order valence-electron chi connectivity index (χ1n) is 12.3. The van der Waals surface area contributed by atoms with Gasteiger partial charge in [-0.15, -0.1) is 5.06 Å². The maximum Gasteiger partial charge on any atom is 0.472 e. The molecule has 6 unspecified atom stereocenters. The van der Waals surface area contributed by atoms with Gasteiger partial charge in [-0.05, 0) is 26.7 Å². The minimum Gasteiger partial charge on any atom is -0.373 e. The summed E-state index contributed by atoms with van der Waals surface area (Å²) < 4.78 is 25.9. The number of unbranched alkanes of at least 4 members (excludes halogenated alkanes) is 1. The van der Waals surface area contributed by atoms with Gasteiger partial charge in [-0.25, -0.2) is 9.36 Å². The molecule has 15 nitrogen and oxygen atoms in total. The summed E-state index contributed by atoms with van der Waals surface area (Å²) in [5.74, 6) is 0.0490. The SMILES string of the molecule is COP(=O)(O)OCC1OC(C)C(O)N(OCC(=O)CNC(=O)CCCCC2SC[C@]3(C)NC(=O)N[C@H]23)C1O. The highest BCUT2D eigenvalue weighted by molar-refractivity contribution is 8.00. The molecule has 0 saturated carbocycles. The molecule has 0 aromatic heterocycles. The number of ether oxygens (including phenoxy) is 1. The molecule has 38 heavy (non-hydrogen) atoms. The van der Waals surface area contributed by atoms with Crippen LogP contribution in [0.1, 0.15) is 39.5 Å². The van der Waals surface area contributed by atoms with Gasteiger partial charge >= 0.3 is 13.9 Å². The summed E-state index contributed by atoms with van der Waals surface area (Å²) in [6, 6.07) is -0.0698. The third-order valence-electron chi connectivity index (χ3n) is 6.64. The van der Waals surface area contributed by atoms with E-state index < -0.39 is 51.5 Å². The van der Waals surface area contributed by atoms with Gasteiger partial charge in [-0.2, -0.15) is 11.8 Å². The number of rotatable bonds is 14. The van der Waals surface area contributed by atoms with Gasteiger partial charge in [-0.3, -0.25) is 23.5 Å². The molecule has 0 bridgehead atoms. The molecule has 218 valence electrons. The summed E-state index contributed by atoms with van der Waals surface area (Å²) in [6.07, 6.45) is -2.58. The molecule has 3 aliphatic heterocycles. The lowest BCUT2D eigenvalue weighted by Gasteiger charge is -2.43. The third-order valence-corrected chi connectivity index (χ3v) is 9.28. The van der Waals surface area contributed by atoms with E-state index in [0.717, 1.165) is 30.8 Å². The Morgan fingerprint density at radius 1 is 1.32 bits per heavy atom. The Bertz CT molecular complexity index is 916. The van der Waals surface area contributed by atoms with Crippen molar-refractivity contribution in [1.82, 2.24) is 21.0 Å². The van der Waals surface area contributed by atoms with Crippen molar-refractivity contribution in [3.8, 4) is 0 Å². The number of fused-ring (bicyclic) bond motifs is 1. The van der Waals surface area contributed by atoms with Gasteiger partial charge in [0.2, 0.25) is 5.91 Å². The molecule has 6 N–H and O–H groups in total. The van der Waals surface area contributed by atoms with Crippen LogP contribution in [0.2, 0.25) is 0 Å². The number of thioether (sulfide) groups is 1. The van der Waals surface area contributed by atoms with E-state index in [4.69, 9.17) is 14.1 Å². The average Bonchev–Trinajstić information content (AvgIpc) is 3.33. The number of aliphatic hydroxyl groups excluding tert-OH is 2. The lowest BCUT2D eigenvalue weighted by atomic mass is 9.92. The van der Waals surface area contributed by atoms with Gasteiger partial charge in [-0.1, -0.05) is 6.42 Å². The number of amides is 3. The van der Waals surface area contributed by atoms with Gasteiger partial charge < -0.3 is 35.8 Å². The van der Waals surface area contributed by atoms with Crippen molar-refractivity contribution >= 4 is 37.3 Å². The van der Waals surface area contributed by atoms with Crippen LogP contribution in [-0.4, -0.2) is 112 Å². The molecule has 0 aromatic carbocycles. The summed E-state index contributed by atoms with van der Waals surface area (Å²) in [5, 5.41) is 30.2. The molecule has 17 heteroatoms. The Balaban J connectivity index is 1.33. The van der Waals surface area contributed by atoms with Crippen molar-refractivity contribution in [3.05, 3.63) is 0 Å². The number of nitrogens with zero attached hydrogens (tertiary/aromatic N) is 1. The number of carbonyl (C=O) groups is 3. The minimum absolute atomic E-state index is 0.0718. The lowest BCUT2D eigenvalue weighted by Crippen LogP contribution is -2.61.